The number of benzene rings is 2. The van der Waals surface area contributed by atoms with Gasteiger partial charge >= 0.3 is 0 Å². The van der Waals surface area contributed by atoms with Gasteiger partial charge in [-0.3, -0.25) is 0 Å². The average molecular weight is 533 g/mol. The maximum atomic E-state index is 14.4. The van der Waals surface area contributed by atoms with Crippen molar-refractivity contribution in [1.82, 2.24) is 4.98 Å². The minimum atomic E-state index is -3.78. The van der Waals surface area contributed by atoms with Crippen LogP contribution in [0.25, 0.3) is 0 Å². The van der Waals surface area contributed by atoms with E-state index in [9.17, 15) is 12.8 Å². The number of hydrogen-bond acceptors (Lipinski definition) is 7. The Morgan fingerprint density at radius 3 is 2.36 bits per heavy atom. The first kappa shape index (κ1) is 24.6. The average Bonchev–Trinajstić information content (AvgIpc) is 2.88. The van der Waals surface area contributed by atoms with Crippen LogP contribution in [0.3, 0.4) is 0 Å². The molecule has 1 aromatic heterocycles. The van der Waals surface area contributed by atoms with E-state index >= 15 is 0 Å². The lowest BCUT2D eigenvalue weighted by molar-refractivity contribution is 0.390. The summed E-state index contributed by atoms with van der Waals surface area (Å²) in [5.41, 5.74) is 0.329. The predicted molar refractivity (Wildman–Crippen MR) is 135 cm³/mol. The number of sulfone groups is 1. The third kappa shape index (κ3) is 4.82. The second-order valence-electron chi connectivity index (χ2n) is 8.83. The Kier molecular flexibility index (Phi) is 6.94. The van der Waals surface area contributed by atoms with Gasteiger partial charge in [-0.2, -0.15) is 4.98 Å². The van der Waals surface area contributed by atoms with Crippen LogP contribution in [0.15, 0.2) is 53.4 Å². The molecule has 7 nitrogen and oxygen atoms in total. The molecule has 0 saturated heterocycles. The van der Waals surface area contributed by atoms with Crippen molar-refractivity contribution in [2.45, 2.75) is 43.0 Å². The molecule has 1 fully saturated rings. The van der Waals surface area contributed by atoms with Gasteiger partial charge < -0.3 is 19.1 Å². The van der Waals surface area contributed by atoms with Gasteiger partial charge in [0.1, 0.15) is 27.1 Å². The van der Waals surface area contributed by atoms with Crippen LogP contribution >= 0.6 is 11.6 Å². The topological polar surface area (TPSA) is 78.0 Å². The molecule has 5 rings (SSSR count). The molecule has 0 spiro atoms. The van der Waals surface area contributed by atoms with E-state index in [0.29, 0.717) is 23.7 Å². The van der Waals surface area contributed by atoms with Gasteiger partial charge in [-0.05, 0) is 49.2 Å². The summed E-state index contributed by atoms with van der Waals surface area (Å²) < 4.78 is 58.1. The molecular formula is C26H26ClFN2O5S. The maximum absolute atomic E-state index is 14.4. The van der Waals surface area contributed by atoms with Crippen LogP contribution in [-0.2, 0) is 9.84 Å². The minimum absolute atomic E-state index is 0.0414. The Labute approximate surface area is 214 Å². The SMILES string of the molecule is COc1ccc(Oc2nc(Oc3ccccc3F)c(Cl)c3c2N(C2CCCCC2)CCS3(=O)=O)cc1. The Hall–Kier alpha value is -3.04. The highest BCUT2D eigenvalue weighted by molar-refractivity contribution is 7.91. The first-order valence-electron chi connectivity index (χ1n) is 11.8. The van der Waals surface area contributed by atoms with Crippen molar-refractivity contribution >= 4 is 27.1 Å². The number of ether oxygens (including phenoxy) is 3. The number of methoxy groups -OCH3 is 1. The van der Waals surface area contributed by atoms with E-state index in [1.807, 2.05) is 0 Å². The number of halogens is 2. The van der Waals surface area contributed by atoms with Gasteiger partial charge in [0.2, 0.25) is 11.8 Å². The monoisotopic (exact) mass is 532 g/mol. The van der Waals surface area contributed by atoms with E-state index in [-0.39, 0.29) is 39.2 Å². The van der Waals surface area contributed by atoms with E-state index in [1.165, 1.54) is 18.2 Å². The van der Waals surface area contributed by atoms with Gasteiger partial charge in [-0.25, -0.2) is 12.8 Å². The zero-order valence-electron chi connectivity index (χ0n) is 19.7. The van der Waals surface area contributed by atoms with Crippen molar-refractivity contribution in [2.75, 3.05) is 24.3 Å². The van der Waals surface area contributed by atoms with Gasteiger partial charge in [0, 0.05) is 12.6 Å². The molecule has 0 unspecified atom stereocenters. The van der Waals surface area contributed by atoms with Crippen molar-refractivity contribution in [1.29, 1.82) is 0 Å². The third-order valence-corrected chi connectivity index (χ3v) is 8.74. The van der Waals surface area contributed by atoms with Crippen molar-refractivity contribution in [3.05, 3.63) is 59.4 Å². The highest BCUT2D eigenvalue weighted by Gasteiger charge is 2.40. The summed E-state index contributed by atoms with van der Waals surface area (Å²) in [5.74, 6) is 0.0240. The summed E-state index contributed by atoms with van der Waals surface area (Å²) in [6, 6.07) is 12.8. The first-order valence-corrected chi connectivity index (χ1v) is 13.9. The molecule has 1 aliphatic carbocycles. The summed E-state index contributed by atoms with van der Waals surface area (Å²) in [7, 11) is -2.22. The van der Waals surface area contributed by atoms with Crippen molar-refractivity contribution in [2.24, 2.45) is 0 Å². The van der Waals surface area contributed by atoms with E-state index < -0.39 is 15.7 Å². The molecule has 0 radical (unpaired) electrons. The summed E-state index contributed by atoms with van der Waals surface area (Å²) in [6.07, 6.45) is 5.15. The number of nitrogens with zero attached hydrogens (tertiary/aromatic N) is 2. The molecule has 0 amide bonds. The number of pyridine rings is 1. The molecular weight excluding hydrogens is 507 g/mol. The highest BCUT2D eigenvalue weighted by atomic mass is 35.5. The molecule has 1 saturated carbocycles. The standard InChI is InChI=1S/C26H26ClFN2O5S/c1-33-18-11-13-19(14-12-18)34-26-23-24(22(27)25(29-26)35-21-10-6-5-9-20(21)28)36(31,32)16-15-30(23)17-7-3-2-4-8-17/h5-6,9-14,17H,2-4,7-8,15-16H2,1H3. The normalized spacial score (nSPS) is 17.4. The molecule has 10 heteroatoms. The van der Waals surface area contributed by atoms with Gasteiger partial charge in [-0.15, -0.1) is 0 Å². The maximum Gasteiger partial charge on any atom is 0.247 e. The fraction of sp³-hybridized carbons (Fsp3) is 0.346. The molecule has 1 aliphatic heterocycles. The number of fused-ring (bicyclic) bond motifs is 1. The van der Waals surface area contributed by atoms with Crippen LogP contribution in [0.4, 0.5) is 10.1 Å². The lowest BCUT2D eigenvalue weighted by Crippen LogP contribution is -2.44. The molecule has 2 aliphatic rings. The Bertz CT molecular complexity index is 1360. The lowest BCUT2D eigenvalue weighted by Gasteiger charge is -2.40. The van der Waals surface area contributed by atoms with Crippen molar-refractivity contribution in [3.8, 4) is 29.0 Å². The Balaban J connectivity index is 1.67. The number of rotatable bonds is 6. The van der Waals surface area contributed by atoms with E-state index in [4.69, 9.17) is 25.8 Å². The molecule has 2 heterocycles. The lowest BCUT2D eigenvalue weighted by atomic mass is 9.94. The fourth-order valence-electron chi connectivity index (χ4n) is 4.75. The van der Waals surface area contributed by atoms with Crippen LogP contribution < -0.4 is 19.1 Å². The van der Waals surface area contributed by atoms with Crippen LogP contribution in [0, 0.1) is 5.82 Å². The number of hydrogen-bond donors (Lipinski definition) is 0. The number of aromatic nitrogens is 1. The van der Waals surface area contributed by atoms with E-state index in [2.05, 4.69) is 9.88 Å². The van der Waals surface area contributed by atoms with Crippen LogP contribution in [0.1, 0.15) is 32.1 Å². The number of para-hydroxylation sites is 1. The molecule has 0 N–H and O–H groups in total. The van der Waals surface area contributed by atoms with E-state index in [0.717, 1.165) is 32.1 Å². The molecule has 0 bridgehead atoms. The van der Waals surface area contributed by atoms with Crippen molar-refractivity contribution < 1.29 is 27.0 Å². The van der Waals surface area contributed by atoms with Crippen molar-refractivity contribution in [3.63, 3.8) is 0 Å². The fourth-order valence-corrected chi connectivity index (χ4v) is 6.77. The first-order chi connectivity index (χ1) is 17.4. The Morgan fingerprint density at radius 2 is 1.67 bits per heavy atom. The molecule has 0 atom stereocenters. The van der Waals surface area contributed by atoms with Crippen LogP contribution in [0.5, 0.6) is 29.0 Å². The highest BCUT2D eigenvalue weighted by Crippen LogP contribution is 2.49. The Morgan fingerprint density at radius 1 is 0.972 bits per heavy atom. The van der Waals surface area contributed by atoms with Crippen LogP contribution in [-0.4, -0.2) is 38.9 Å². The van der Waals surface area contributed by atoms with Gasteiger partial charge in [-0.1, -0.05) is 43.0 Å². The number of anilines is 1. The quantitative estimate of drug-likeness (QED) is 0.364. The zero-order chi connectivity index (χ0) is 25.3. The second kappa shape index (κ2) is 10.1. The van der Waals surface area contributed by atoms with Gasteiger partial charge in [0.25, 0.3) is 0 Å². The van der Waals surface area contributed by atoms with Crippen LogP contribution in [0.2, 0.25) is 5.02 Å². The van der Waals surface area contributed by atoms with Gasteiger partial charge in [0.15, 0.2) is 21.4 Å². The third-order valence-electron chi connectivity index (χ3n) is 6.54. The summed E-state index contributed by atoms with van der Waals surface area (Å²) in [6.45, 7) is 0.310. The molecule has 36 heavy (non-hydrogen) atoms. The zero-order valence-corrected chi connectivity index (χ0v) is 21.3. The van der Waals surface area contributed by atoms with Gasteiger partial charge in [0.05, 0.1) is 12.9 Å². The summed E-state index contributed by atoms with van der Waals surface area (Å²) >= 11 is 6.64. The predicted octanol–water partition coefficient (Wildman–Crippen LogP) is 6.39. The summed E-state index contributed by atoms with van der Waals surface area (Å²) in [4.78, 5) is 6.45. The molecule has 190 valence electrons. The molecule has 2 aromatic carbocycles. The van der Waals surface area contributed by atoms with E-state index in [1.54, 1.807) is 37.4 Å². The molecule has 3 aromatic rings. The largest absolute Gasteiger partial charge is 0.497 e. The smallest absolute Gasteiger partial charge is 0.247 e. The minimum Gasteiger partial charge on any atom is -0.497 e. The second-order valence-corrected chi connectivity index (χ2v) is 11.3. The summed E-state index contributed by atoms with van der Waals surface area (Å²) in [5, 5.41) is -0.184.